The molecule has 6 nitrogen and oxygen atoms in total. The number of hydrogen-bond acceptors (Lipinski definition) is 5. The van der Waals surface area contributed by atoms with Crippen LogP contribution < -0.4 is 5.32 Å². The lowest BCUT2D eigenvalue weighted by atomic mass is 10.0. The molecular formula is C61H117NO5. The molecule has 0 bridgehead atoms. The van der Waals surface area contributed by atoms with Crippen LogP contribution in [-0.4, -0.2) is 47.4 Å². The molecule has 6 heteroatoms. The number of unbranched alkanes of at least 4 members (excludes halogenated alkanes) is 43. The van der Waals surface area contributed by atoms with Gasteiger partial charge < -0.3 is 20.3 Å². The lowest BCUT2D eigenvalue weighted by Crippen LogP contribution is -2.45. The van der Waals surface area contributed by atoms with Crippen molar-refractivity contribution < 1.29 is 24.5 Å². The summed E-state index contributed by atoms with van der Waals surface area (Å²) >= 11 is 0. The van der Waals surface area contributed by atoms with Crippen LogP contribution in [0.3, 0.4) is 0 Å². The smallest absolute Gasteiger partial charge is 0.305 e. The predicted octanol–water partition coefficient (Wildman–Crippen LogP) is 18.6. The van der Waals surface area contributed by atoms with Crippen LogP contribution >= 0.6 is 0 Å². The van der Waals surface area contributed by atoms with Gasteiger partial charge in [-0.05, 0) is 57.8 Å². The quantitative estimate of drug-likeness (QED) is 0.0321. The van der Waals surface area contributed by atoms with Crippen molar-refractivity contribution in [2.24, 2.45) is 0 Å². The molecule has 0 rings (SSSR count). The lowest BCUT2D eigenvalue weighted by Gasteiger charge is -2.20. The normalized spacial score (nSPS) is 12.7. The van der Waals surface area contributed by atoms with Gasteiger partial charge in [-0.15, -0.1) is 0 Å². The van der Waals surface area contributed by atoms with Gasteiger partial charge in [-0.1, -0.05) is 282 Å². The molecule has 0 saturated heterocycles. The minimum Gasteiger partial charge on any atom is -0.466 e. The van der Waals surface area contributed by atoms with Crippen molar-refractivity contribution in [1.29, 1.82) is 0 Å². The highest BCUT2D eigenvalue weighted by Crippen LogP contribution is 2.17. The first-order chi connectivity index (χ1) is 33.0. The third-order valence-electron chi connectivity index (χ3n) is 14.0. The van der Waals surface area contributed by atoms with Gasteiger partial charge in [-0.3, -0.25) is 9.59 Å². The van der Waals surface area contributed by atoms with Gasteiger partial charge in [0.1, 0.15) is 0 Å². The number of carbonyl (C=O) groups excluding carboxylic acids is 2. The van der Waals surface area contributed by atoms with E-state index >= 15 is 0 Å². The molecule has 0 aromatic heterocycles. The number of esters is 1. The Bertz CT molecular complexity index is 1040. The van der Waals surface area contributed by atoms with E-state index in [2.05, 4.69) is 31.3 Å². The first-order valence-corrected chi connectivity index (χ1v) is 30.1. The molecule has 0 aromatic carbocycles. The average Bonchev–Trinajstić information content (AvgIpc) is 3.33. The van der Waals surface area contributed by atoms with E-state index in [9.17, 15) is 19.8 Å². The number of aliphatic hydroxyl groups is 2. The second kappa shape index (κ2) is 56.9. The van der Waals surface area contributed by atoms with E-state index in [0.717, 1.165) is 51.4 Å². The topological polar surface area (TPSA) is 95.9 Å². The Morgan fingerprint density at radius 2 is 0.701 bits per heavy atom. The molecule has 0 saturated carbocycles. The minimum absolute atomic E-state index is 0.0100. The third-order valence-corrected chi connectivity index (χ3v) is 14.0. The van der Waals surface area contributed by atoms with Crippen LogP contribution in [0.25, 0.3) is 0 Å². The summed E-state index contributed by atoms with van der Waals surface area (Å²) in [6.07, 6.45) is 69.2. The van der Waals surface area contributed by atoms with Crippen LogP contribution in [0.15, 0.2) is 24.3 Å². The Labute approximate surface area is 418 Å². The monoisotopic (exact) mass is 944 g/mol. The number of hydrogen-bond donors (Lipinski definition) is 3. The molecule has 2 unspecified atom stereocenters. The van der Waals surface area contributed by atoms with E-state index in [1.165, 1.54) is 250 Å². The number of amides is 1. The summed E-state index contributed by atoms with van der Waals surface area (Å²) in [5.74, 6) is -0.0837. The maximum Gasteiger partial charge on any atom is 0.305 e. The van der Waals surface area contributed by atoms with Crippen LogP contribution in [0.4, 0.5) is 0 Å². The number of ether oxygens (including phenoxy) is 1. The van der Waals surface area contributed by atoms with Gasteiger partial charge in [0.15, 0.2) is 0 Å². The maximum absolute atomic E-state index is 12.5. The van der Waals surface area contributed by atoms with Crippen molar-refractivity contribution in [1.82, 2.24) is 5.32 Å². The molecule has 0 heterocycles. The molecule has 2 atom stereocenters. The molecule has 0 aliphatic rings. The molecule has 0 aliphatic carbocycles. The summed E-state index contributed by atoms with van der Waals surface area (Å²) in [5, 5.41) is 23.2. The Morgan fingerprint density at radius 3 is 1.09 bits per heavy atom. The Balaban J connectivity index is 3.47. The maximum atomic E-state index is 12.5. The summed E-state index contributed by atoms with van der Waals surface area (Å²) in [4.78, 5) is 24.5. The number of carbonyl (C=O) groups is 2. The second-order valence-corrected chi connectivity index (χ2v) is 20.7. The molecule has 0 aromatic rings. The van der Waals surface area contributed by atoms with E-state index in [4.69, 9.17) is 4.74 Å². The zero-order valence-corrected chi connectivity index (χ0v) is 45.1. The van der Waals surface area contributed by atoms with Gasteiger partial charge in [0.2, 0.25) is 5.91 Å². The van der Waals surface area contributed by atoms with E-state index in [-0.39, 0.29) is 18.5 Å². The van der Waals surface area contributed by atoms with Gasteiger partial charge >= 0.3 is 5.97 Å². The highest BCUT2D eigenvalue weighted by molar-refractivity contribution is 5.76. The lowest BCUT2D eigenvalue weighted by molar-refractivity contribution is -0.143. The molecule has 3 N–H and O–H groups in total. The first kappa shape index (κ1) is 65.3. The van der Waals surface area contributed by atoms with Crippen molar-refractivity contribution in [3.05, 3.63) is 24.3 Å². The summed E-state index contributed by atoms with van der Waals surface area (Å²) in [6, 6.07) is -0.635. The Kier molecular flexibility index (Phi) is 55.5. The summed E-state index contributed by atoms with van der Waals surface area (Å²) in [7, 11) is 0. The fourth-order valence-corrected chi connectivity index (χ4v) is 9.34. The molecular weight excluding hydrogens is 827 g/mol. The highest BCUT2D eigenvalue weighted by atomic mass is 16.5. The number of allylic oxidation sites excluding steroid dienone is 3. The standard InChI is InChI=1S/C61H117NO5/c1-3-5-7-9-11-13-15-17-18-19-20-21-22-23-24-25-27-30-33-37-41-45-49-53-59(64)58(57-63)62-60(65)54-50-46-42-38-34-31-28-26-29-32-36-40-44-48-52-56-67-61(66)55-51-47-43-39-35-16-14-12-10-8-6-4-2/h12,14,49,53,58-59,63-64H,3-11,13,15-48,50-52,54-57H2,1-2H3,(H,62,65)/b14-12-,53-49+. The van der Waals surface area contributed by atoms with Crippen LogP contribution in [-0.2, 0) is 14.3 Å². The Hall–Kier alpha value is -1.66. The van der Waals surface area contributed by atoms with Crippen LogP contribution in [0.2, 0.25) is 0 Å². The van der Waals surface area contributed by atoms with E-state index < -0.39 is 12.1 Å². The highest BCUT2D eigenvalue weighted by Gasteiger charge is 2.18. The van der Waals surface area contributed by atoms with E-state index in [0.29, 0.717) is 19.4 Å². The third kappa shape index (κ3) is 53.5. The predicted molar refractivity (Wildman–Crippen MR) is 292 cm³/mol. The van der Waals surface area contributed by atoms with Crippen molar-refractivity contribution >= 4 is 11.9 Å². The van der Waals surface area contributed by atoms with E-state index in [1.807, 2.05) is 6.08 Å². The van der Waals surface area contributed by atoms with Gasteiger partial charge in [0.05, 0.1) is 25.4 Å². The van der Waals surface area contributed by atoms with Crippen molar-refractivity contribution in [3.8, 4) is 0 Å². The second-order valence-electron chi connectivity index (χ2n) is 20.7. The largest absolute Gasteiger partial charge is 0.466 e. The minimum atomic E-state index is -0.851. The first-order valence-electron chi connectivity index (χ1n) is 30.1. The number of nitrogens with one attached hydrogen (secondary N) is 1. The molecule has 0 radical (unpaired) electrons. The molecule has 0 aliphatic heterocycles. The van der Waals surface area contributed by atoms with E-state index in [1.54, 1.807) is 6.08 Å². The van der Waals surface area contributed by atoms with Crippen molar-refractivity contribution in [2.45, 2.75) is 341 Å². The summed E-state index contributed by atoms with van der Waals surface area (Å²) in [5.41, 5.74) is 0. The SMILES string of the molecule is CCCCC/C=C\CCCCCCCC(=O)OCCCCCCCCCCCCCCCCCC(=O)NC(CO)C(O)/C=C/CCCCCCCCCCCCCCCCCCCCCCC. The fraction of sp³-hybridized carbons (Fsp3) is 0.902. The van der Waals surface area contributed by atoms with Crippen LogP contribution in [0.5, 0.6) is 0 Å². The van der Waals surface area contributed by atoms with Gasteiger partial charge in [-0.25, -0.2) is 0 Å². The molecule has 0 spiro atoms. The van der Waals surface area contributed by atoms with Crippen molar-refractivity contribution in [2.75, 3.05) is 13.2 Å². The molecule has 396 valence electrons. The Morgan fingerprint density at radius 1 is 0.403 bits per heavy atom. The van der Waals surface area contributed by atoms with Crippen LogP contribution in [0.1, 0.15) is 328 Å². The summed E-state index contributed by atoms with van der Waals surface area (Å²) < 4.78 is 5.46. The average molecular weight is 945 g/mol. The fourth-order valence-electron chi connectivity index (χ4n) is 9.34. The molecule has 67 heavy (non-hydrogen) atoms. The summed E-state index contributed by atoms with van der Waals surface area (Å²) in [6.45, 7) is 4.88. The van der Waals surface area contributed by atoms with Crippen LogP contribution in [0, 0.1) is 0 Å². The zero-order chi connectivity index (χ0) is 48.6. The van der Waals surface area contributed by atoms with Gasteiger partial charge in [0.25, 0.3) is 0 Å². The van der Waals surface area contributed by atoms with Crippen molar-refractivity contribution in [3.63, 3.8) is 0 Å². The molecule has 0 fully saturated rings. The van der Waals surface area contributed by atoms with Gasteiger partial charge in [0, 0.05) is 12.8 Å². The number of aliphatic hydroxyl groups excluding tert-OH is 2. The molecule has 1 amide bonds. The number of rotatable bonds is 56. The van der Waals surface area contributed by atoms with Gasteiger partial charge in [-0.2, -0.15) is 0 Å². The zero-order valence-electron chi connectivity index (χ0n) is 45.1.